The summed E-state index contributed by atoms with van der Waals surface area (Å²) < 4.78 is 15.5. The topological polar surface area (TPSA) is 81.3 Å². The number of methoxy groups -OCH3 is 3. The van der Waals surface area contributed by atoms with Crippen LogP contribution in [-0.2, 0) is 6.54 Å². The lowest BCUT2D eigenvalue weighted by Gasteiger charge is -2.07. The zero-order valence-corrected chi connectivity index (χ0v) is 13.2. The van der Waals surface area contributed by atoms with E-state index in [2.05, 4.69) is 26.3 Å². The second-order valence-electron chi connectivity index (χ2n) is 4.88. The average molecular weight is 314 g/mol. The molecule has 0 aliphatic heterocycles. The van der Waals surface area contributed by atoms with Gasteiger partial charge in [0.1, 0.15) is 5.75 Å². The molecule has 1 aromatic carbocycles. The number of hydrogen-bond donors (Lipinski definition) is 2. The highest BCUT2D eigenvalue weighted by atomic mass is 16.5. The summed E-state index contributed by atoms with van der Waals surface area (Å²) in [4.78, 5) is 11.8. The third-order valence-electron chi connectivity index (χ3n) is 3.42. The molecule has 0 saturated heterocycles. The summed E-state index contributed by atoms with van der Waals surface area (Å²) in [6, 6.07) is 9.58. The monoisotopic (exact) mass is 314 g/mol. The molecular formula is C16H18N4O3. The van der Waals surface area contributed by atoms with Crippen LogP contribution in [0.25, 0.3) is 10.9 Å². The lowest BCUT2D eigenvalue weighted by molar-refractivity contribution is 0.373. The average Bonchev–Trinajstić information content (AvgIpc) is 3.01. The van der Waals surface area contributed by atoms with Gasteiger partial charge in [0.15, 0.2) is 0 Å². The van der Waals surface area contributed by atoms with E-state index in [9.17, 15) is 0 Å². The summed E-state index contributed by atoms with van der Waals surface area (Å²) >= 11 is 0. The third-order valence-corrected chi connectivity index (χ3v) is 3.42. The van der Waals surface area contributed by atoms with Crippen molar-refractivity contribution in [2.45, 2.75) is 6.54 Å². The first-order valence-electron chi connectivity index (χ1n) is 7.08. The number of aromatic nitrogens is 3. The van der Waals surface area contributed by atoms with Crippen molar-refractivity contribution in [2.24, 2.45) is 0 Å². The van der Waals surface area contributed by atoms with Crippen molar-refractivity contribution in [1.82, 2.24) is 15.0 Å². The number of hydrogen-bond acceptors (Lipinski definition) is 6. The maximum Gasteiger partial charge on any atom is 0.229 e. The first-order chi connectivity index (χ1) is 11.2. The van der Waals surface area contributed by atoms with E-state index < -0.39 is 0 Å². The van der Waals surface area contributed by atoms with Crippen molar-refractivity contribution in [2.75, 3.05) is 26.6 Å². The van der Waals surface area contributed by atoms with Gasteiger partial charge in [-0.25, -0.2) is 0 Å². The smallest absolute Gasteiger partial charge is 0.229 e. The van der Waals surface area contributed by atoms with Crippen molar-refractivity contribution in [3.05, 3.63) is 36.0 Å². The molecule has 7 nitrogen and oxygen atoms in total. The number of nitrogens with one attached hydrogen (secondary N) is 2. The lowest BCUT2D eigenvalue weighted by atomic mass is 10.2. The molecule has 2 aromatic heterocycles. The molecule has 0 saturated carbocycles. The van der Waals surface area contributed by atoms with E-state index in [1.54, 1.807) is 27.4 Å². The number of rotatable bonds is 6. The van der Waals surface area contributed by atoms with Crippen LogP contribution >= 0.6 is 0 Å². The standard InChI is InChI=1S/C16H18N4O3/c1-21-12-4-5-13-10(7-12)6-11(18-13)9-17-16-19-14(22-2)8-15(20-16)23-3/h4-8,18H,9H2,1-3H3,(H,17,19,20). The molecule has 0 atom stereocenters. The van der Waals surface area contributed by atoms with Gasteiger partial charge in [0.25, 0.3) is 0 Å². The first-order valence-corrected chi connectivity index (χ1v) is 7.08. The minimum Gasteiger partial charge on any atom is -0.497 e. The molecule has 0 aliphatic rings. The van der Waals surface area contributed by atoms with Gasteiger partial charge in [0.05, 0.1) is 33.9 Å². The van der Waals surface area contributed by atoms with Crippen LogP contribution in [0.15, 0.2) is 30.3 Å². The quantitative estimate of drug-likeness (QED) is 0.728. The van der Waals surface area contributed by atoms with Crippen LogP contribution in [0.2, 0.25) is 0 Å². The second-order valence-corrected chi connectivity index (χ2v) is 4.88. The highest BCUT2D eigenvalue weighted by molar-refractivity contribution is 5.82. The van der Waals surface area contributed by atoms with Crippen molar-refractivity contribution in [1.29, 1.82) is 0 Å². The molecule has 0 aliphatic carbocycles. The predicted molar refractivity (Wildman–Crippen MR) is 87.3 cm³/mol. The van der Waals surface area contributed by atoms with Gasteiger partial charge in [0, 0.05) is 16.6 Å². The molecule has 2 N–H and O–H groups in total. The number of anilines is 1. The summed E-state index contributed by atoms with van der Waals surface area (Å²) in [5.74, 6) is 2.16. The fraction of sp³-hybridized carbons (Fsp3) is 0.250. The summed E-state index contributed by atoms with van der Waals surface area (Å²) in [5, 5.41) is 4.24. The largest absolute Gasteiger partial charge is 0.497 e. The van der Waals surface area contributed by atoms with Crippen LogP contribution in [0, 0.1) is 0 Å². The van der Waals surface area contributed by atoms with E-state index in [1.807, 2.05) is 18.2 Å². The van der Waals surface area contributed by atoms with E-state index in [1.165, 1.54) is 0 Å². The van der Waals surface area contributed by atoms with E-state index in [0.29, 0.717) is 24.3 Å². The maximum atomic E-state index is 5.23. The van der Waals surface area contributed by atoms with Crippen molar-refractivity contribution < 1.29 is 14.2 Å². The lowest BCUT2D eigenvalue weighted by Crippen LogP contribution is -2.05. The first kappa shape index (κ1) is 15.0. The van der Waals surface area contributed by atoms with Gasteiger partial charge >= 0.3 is 0 Å². The Balaban J connectivity index is 1.77. The van der Waals surface area contributed by atoms with E-state index in [-0.39, 0.29) is 0 Å². The number of nitrogens with zero attached hydrogens (tertiary/aromatic N) is 2. The number of aromatic amines is 1. The molecule has 7 heteroatoms. The van der Waals surface area contributed by atoms with Crippen LogP contribution in [0.5, 0.6) is 17.5 Å². The predicted octanol–water partition coefficient (Wildman–Crippen LogP) is 2.60. The Hall–Kier alpha value is -2.96. The highest BCUT2D eigenvalue weighted by Crippen LogP contribution is 2.22. The van der Waals surface area contributed by atoms with Crippen molar-refractivity contribution in [3.63, 3.8) is 0 Å². The number of ether oxygens (including phenoxy) is 3. The van der Waals surface area contributed by atoms with Crippen LogP contribution in [0.1, 0.15) is 5.69 Å². The molecule has 3 aromatic rings. The van der Waals surface area contributed by atoms with Gasteiger partial charge in [0.2, 0.25) is 17.7 Å². The van der Waals surface area contributed by atoms with Crippen molar-refractivity contribution in [3.8, 4) is 17.5 Å². The summed E-state index contributed by atoms with van der Waals surface area (Å²) in [5.41, 5.74) is 2.06. The zero-order valence-electron chi connectivity index (χ0n) is 13.2. The zero-order chi connectivity index (χ0) is 16.2. The Morgan fingerprint density at radius 2 is 1.70 bits per heavy atom. The molecule has 0 bridgehead atoms. The Morgan fingerprint density at radius 1 is 0.957 bits per heavy atom. The second kappa shape index (κ2) is 6.43. The Labute approximate surface area is 133 Å². The minimum absolute atomic E-state index is 0.442. The Bertz CT molecular complexity index is 794. The van der Waals surface area contributed by atoms with Crippen LogP contribution in [-0.4, -0.2) is 36.3 Å². The van der Waals surface area contributed by atoms with Crippen LogP contribution in [0.3, 0.4) is 0 Å². The molecule has 3 rings (SSSR count). The summed E-state index contributed by atoms with van der Waals surface area (Å²) in [7, 11) is 4.76. The molecule has 0 spiro atoms. The normalized spacial score (nSPS) is 10.6. The van der Waals surface area contributed by atoms with Gasteiger partial charge in [-0.3, -0.25) is 0 Å². The van der Waals surface area contributed by atoms with Gasteiger partial charge in [-0.1, -0.05) is 0 Å². The summed E-state index contributed by atoms with van der Waals surface area (Å²) in [6.45, 7) is 0.549. The maximum absolute atomic E-state index is 5.23. The number of fused-ring (bicyclic) bond motifs is 1. The van der Waals surface area contributed by atoms with Gasteiger partial charge < -0.3 is 24.5 Å². The molecule has 120 valence electrons. The van der Waals surface area contributed by atoms with Gasteiger partial charge in [-0.2, -0.15) is 9.97 Å². The molecular weight excluding hydrogens is 296 g/mol. The van der Waals surface area contributed by atoms with Crippen LogP contribution in [0.4, 0.5) is 5.95 Å². The minimum atomic E-state index is 0.442. The van der Waals surface area contributed by atoms with Crippen molar-refractivity contribution >= 4 is 16.9 Å². The fourth-order valence-electron chi connectivity index (χ4n) is 2.26. The van der Waals surface area contributed by atoms with Gasteiger partial charge in [-0.15, -0.1) is 0 Å². The molecule has 0 amide bonds. The van der Waals surface area contributed by atoms with E-state index >= 15 is 0 Å². The molecule has 0 radical (unpaired) electrons. The number of H-pyrrole nitrogens is 1. The Morgan fingerprint density at radius 3 is 2.35 bits per heavy atom. The van der Waals surface area contributed by atoms with Gasteiger partial charge in [-0.05, 0) is 24.3 Å². The molecule has 0 unspecified atom stereocenters. The fourth-order valence-corrected chi connectivity index (χ4v) is 2.26. The van der Waals surface area contributed by atoms with Crippen LogP contribution < -0.4 is 19.5 Å². The SMILES string of the molecule is COc1ccc2[nH]c(CNc3nc(OC)cc(OC)n3)cc2c1. The molecule has 23 heavy (non-hydrogen) atoms. The molecule has 0 fully saturated rings. The van der Waals surface area contributed by atoms with E-state index in [0.717, 1.165) is 22.3 Å². The Kier molecular flexibility index (Phi) is 4.18. The summed E-state index contributed by atoms with van der Waals surface area (Å²) in [6.07, 6.45) is 0. The third kappa shape index (κ3) is 3.28. The number of benzene rings is 1. The highest BCUT2D eigenvalue weighted by Gasteiger charge is 2.07. The molecule has 2 heterocycles. The van der Waals surface area contributed by atoms with E-state index in [4.69, 9.17) is 14.2 Å².